The van der Waals surface area contributed by atoms with Crippen molar-refractivity contribution in [3.8, 4) is 5.75 Å². The molecule has 1 N–H and O–H groups in total. The van der Waals surface area contributed by atoms with Crippen molar-refractivity contribution in [3.05, 3.63) is 60.2 Å². The Morgan fingerprint density at radius 2 is 2.05 bits per heavy atom. The minimum absolute atomic E-state index is 0.557. The molecular formula is C16H15N3O2. The van der Waals surface area contributed by atoms with Gasteiger partial charge in [0, 0.05) is 29.7 Å². The Balaban J connectivity index is 2.04. The van der Waals surface area contributed by atoms with E-state index in [1.807, 2.05) is 25.1 Å². The number of pyridine rings is 1. The summed E-state index contributed by atoms with van der Waals surface area (Å²) in [7, 11) is 0. The van der Waals surface area contributed by atoms with Gasteiger partial charge in [0.1, 0.15) is 11.9 Å². The fourth-order valence-electron chi connectivity index (χ4n) is 2.25. The minimum atomic E-state index is -0.821. The van der Waals surface area contributed by atoms with Crippen molar-refractivity contribution in [2.75, 3.05) is 6.61 Å². The molecule has 0 aliphatic rings. The Kier molecular flexibility index (Phi) is 3.75. The highest BCUT2D eigenvalue weighted by atomic mass is 16.5. The Morgan fingerprint density at radius 3 is 2.90 bits per heavy atom. The summed E-state index contributed by atoms with van der Waals surface area (Å²) >= 11 is 0. The number of aliphatic hydroxyl groups excluding tert-OH is 1. The molecule has 5 heteroatoms. The van der Waals surface area contributed by atoms with Crippen molar-refractivity contribution < 1.29 is 9.84 Å². The maximum atomic E-state index is 10.6. The van der Waals surface area contributed by atoms with Crippen LogP contribution in [-0.4, -0.2) is 26.7 Å². The molecule has 3 rings (SSSR count). The average Bonchev–Trinajstić information content (AvgIpc) is 2.54. The average molecular weight is 281 g/mol. The van der Waals surface area contributed by atoms with Crippen molar-refractivity contribution >= 4 is 11.0 Å². The largest absolute Gasteiger partial charge is 0.492 e. The highest BCUT2D eigenvalue weighted by molar-refractivity contribution is 5.78. The van der Waals surface area contributed by atoms with Gasteiger partial charge in [-0.25, -0.2) is 0 Å². The van der Waals surface area contributed by atoms with Crippen molar-refractivity contribution in [3.63, 3.8) is 0 Å². The van der Waals surface area contributed by atoms with Crippen LogP contribution in [0.1, 0.15) is 24.2 Å². The zero-order valence-corrected chi connectivity index (χ0v) is 11.6. The van der Waals surface area contributed by atoms with E-state index in [2.05, 4.69) is 15.0 Å². The third kappa shape index (κ3) is 2.68. The highest BCUT2D eigenvalue weighted by Gasteiger charge is 2.15. The van der Waals surface area contributed by atoms with Crippen molar-refractivity contribution in [2.45, 2.75) is 13.0 Å². The summed E-state index contributed by atoms with van der Waals surface area (Å²) in [5, 5.41) is 10.6. The van der Waals surface area contributed by atoms with Crippen LogP contribution in [0.4, 0.5) is 0 Å². The number of rotatable bonds is 4. The van der Waals surface area contributed by atoms with E-state index < -0.39 is 6.10 Å². The molecule has 0 saturated carbocycles. The molecule has 0 amide bonds. The molecule has 21 heavy (non-hydrogen) atoms. The van der Waals surface area contributed by atoms with Crippen LogP contribution in [0.3, 0.4) is 0 Å². The van der Waals surface area contributed by atoms with E-state index in [0.29, 0.717) is 29.0 Å². The van der Waals surface area contributed by atoms with Gasteiger partial charge in [-0.1, -0.05) is 12.1 Å². The number of hydrogen-bond acceptors (Lipinski definition) is 5. The maximum Gasteiger partial charge on any atom is 0.137 e. The van der Waals surface area contributed by atoms with Crippen LogP contribution in [-0.2, 0) is 0 Å². The number of nitrogens with zero attached hydrogens (tertiary/aromatic N) is 3. The summed E-state index contributed by atoms with van der Waals surface area (Å²) < 4.78 is 5.42. The first kappa shape index (κ1) is 13.5. The lowest BCUT2D eigenvalue weighted by Crippen LogP contribution is -2.03. The number of ether oxygens (including phenoxy) is 1. The van der Waals surface area contributed by atoms with E-state index in [9.17, 15) is 5.11 Å². The maximum absolute atomic E-state index is 10.6. The van der Waals surface area contributed by atoms with Gasteiger partial charge in [0.2, 0.25) is 0 Å². The monoisotopic (exact) mass is 281 g/mol. The van der Waals surface area contributed by atoms with Gasteiger partial charge in [0.15, 0.2) is 0 Å². The van der Waals surface area contributed by atoms with E-state index in [1.54, 1.807) is 30.9 Å². The molecule has 0 saturated heterocycles. The van der Waals surface area contributed by atoms with E-state index in [-0.39, 0.29) is 0 Å². The number of aromatic nitrogens is 3. The van der Waals surface area contributed by atoms with Gasteiger partial charge in [-0.2, -0.15) is 0 Å². The molecule has 0 aliphatic heterocycles. The van der Waals surface area contributed by atoms with Gasteiger partial charge < -0.3 is 9.84 Å². The molecule has 0 aliphatic carbocycles. The second kappa shape index (κ2) is 5.85. The molecule has 0 spiro atoms. The SMILES string of the molecule is CCOc1cncc(C(O)c2cccc3nccnc23)c1. The number of hydrogen-bond donors (Lipinski definition) is 1. The van der Waals surface area contributed by atoms with Crippen LogP contribution < -0.4 is 4.74 Å². The van der Waals surface area contributed by atoms with Crippen molar-refractivity contribution in [2.24, 2.45) is 0 Å². The molecule has 0 radical (unpaired) electrons. The summed E-state index contributed by atoms with van der Waals surface area (Å²) in [4.78, 5) is 12.7. The van der Waals surface area contributed by atoms with Crippen LogP contribution in [0, 0.1) is 0 Å². The Labute approximate surface area is 122 Å². The summed E-state index contributed by atoms with van der Waals surface area (Å²) in [6, 6.07) is 7.36. The smallest absolute Gasteiger partial charge is 0.137 e. The molecule has 3 aromatic rings. The first-order chi connectivity index (χ1) is 10.3. The van der Waals surface area contributed by atoms with Gasteiger partial charge in [-0.05, 0) is 19.1 Å². The molecule has 5 nitrogen and oxygen atoms in total. The van der Waals surface area contributed by atoms with Crippen molar-refractivity contribution in [1.29, 1.82) is 0 Å². The lowest BCUT2D eigenvalue weighted by atomic mass is 10.0. The standard InChI is InChI=1S/C16H15N3O2/c1-2-21-12-8-11(9-17-10-12)16(20)13-4-3-5-14-15(13)19-7-6-18-14/h3-10,16,20H,2H2,1H3. The molecular weight excluding hydrogens is 266 g/mol. The third-order valence-electron chi connectivity index (χ3n) is 3.19. The highest BCUT2D eigenvalue weighted by Crippen LogP contribution is 2.28. The molecule has 2 heterocycles. The minimum Gasteiger partial charge on any atom is -0.492 e. The fraction of sp³-hybridized carbons (Fsp3) is 0.188. The summed E-state index contributed by atoms with van der Waals surface area (Å²) in [5.41, 5.74) is 2.81. The van der Waals surface area contributed by atoms with Crippen LogP contribution in [0.2, 0.25) is 0 Å². The summed E-state index contributed by atoms with van der Waals surface area (Å²) in [5.74, 6) is 0.639. The van der Waals surface area contributed by atoms with Crippen LogP contribution in [0.15, 0.2) is 49.1 Å². The van der Waals surface area contributed by atoms with Crippen LogP contribution in [0.5, 0.6) is 5.75 Å². The molecule has 1 unspecified atom stereocenters. The fourth-order valence-corrected chi connectivity index (χ4v) is 2.25. The molecule has 106 valence electrons. The number of para-hydroxylation sites is 1. The van der Waals surface area contributed by atoms with Gasteiger partial charge in [-0.15, -0.1) is 0 Å². The molecule has 2 aromatic heterocycles. The predicted octanol–water partition coefficient (Wildman–Crippen LogP) is 2.51. The summed E-state index contributed by atoms with van der Waals surface area (Å²) in [6.45, 7) is 2.46. The van der Waals surface area contributed by atoms with Crippen LogP contribution >= 0.6 is 0 Å². The zero-order valence-electron chi connectivity index (χ0n) is 11.6. The number of aliphatic hydroxyl groups is 1. The second-order valence-corrected chi connectivity index (χ2v) is 4.56. The first-order valence-electron chi connectivity index (χ1n) is 6.75. The third-order valence-corrected chi connectivity index (χ3v) is 3.19. The Hall–Kier alpha value is -2.53. The first-order valence-corrected chi connectivity index (χ1v) is 6.75. The second-order valence-electron chi connectivity index (χ2n) is 4.56. The van der Waals surface area contributed by atoms with Gasteiger partial charge in [0.25, 0.3) is 0 Å². The van der Waals surface area contributed by atoms with Gasteiger partial charge in [-0.3, -0.25) is 15.0 Å². The molecule has 1 atom stereocenters. The Morgan fingerprint density at radius 1 is 1.19 bits per heavy atom. The topological polar surface area (TPSA) is 68.1 Å². The molecule has 1 aromatic carbocycles. The number of fused-ring (bicyclic) bond motifs is 1. The van der Waals surface area contributed by atoms with E-state index in [4.69, 9.17) is 4.74 Å². The lowest BCUT2D eigenvalue weighted by Gasteiger charge is -2.14. The summed E-state index contributed by atoms with van der Waals surface area (Å²) in [6.07, 6.45) is 5.69. The zero-order chi connectivity index (χ0) is 14.7. The van der Waals surface area contributed by atoms with E-state index in [1.165, 1.54) is 0 Å². The molecule has 0 bridgehead atoms. The Bertz CT molecular complexity index is 756. The van der Waals surface area contributed by atoms with Crippen LogP contribution in [0.25, 0.3) is 11.0 Å². The predicted molar refractivity (Wildman–Crippen MR) is 79.0 cm³/mol. The van der Waals surface area contributed by atoms with Crippen molar-refractivity contribution in [1.82, 2.24) is 15.0 Å². The number of benzene rings is 1. The van der Waals surface area contributed by atoms with Gasteiger partial charge >= 0.3 is 0 Å². The lowest BCUT2D eigenvalue weighted by molar-refractivity contribution is 0.220. The molecule has 0 fully saturated rings. The van der Waals surface area contributed by atoms with Gasteiger partial charge in [0.05, 0.1) is 23.8 Å². The normalized spacial score (nSPS) is 12.3. The van der Waals surface area contributed by atoms with E-state index in [0.717, 1.165) is 5.52 Å². The quantitative estimate of drug-likeness (QED) is 0.795. The van der Waals surface area contributed by atoms with E-state index >= 15 is 0 Å².